The summed E-state index contributed by atoms with van der Waals surface area (Å²) in [4.78, 5) is 4.70. The van der Waals surface area contributed by atoms with Crippen molar-refractivity contribution in [3.05, 3.63) is 248 Å². The van der Waals surface area contributed by atoms with Crippen LogP contribution in [0.15, 0.2) is 237 Å². The molecule has 0 saturated carbocycles. The summed E-state index contributed by atoms with van der Waals surface area (Å²) >= 11 is 1.84. The number of thiophene rings is 1. The Morgan fingerprint density at radius 2 is 0.966 bits per heavy atom. The van der Waals surface area contributed by atoms with Crippen molar-refractivity contribution >= 4 is 71.2 Å². The topological polar surface area (TPSA) is 6.48 Å². The lowest BCUT2D eigenvalue weighted by molar-refractivity contribution is 1.24. The normalized spacial score (nSPS) is 11.4. The molecule has 0 radical (unpaired) electrons. The quantitative estimate of drug-likeness (QED) is 0.114. The van der Waals surface area contributed by atoms with Crippen molar-refractivity contribution in [1.29, 1.82) is 0 Å². The van der Waals surface area contributed by atoms with E-state index in [0.29, 0.717) is 0 Å². The third-order valence-electron chi connectivity index (χ3n) is 10.4. The van der Waals surface area contributed by atoms with Gasteiger partial charge in [-0.25, -0.2) is 0 Å². The molecule has 0 atom stereocenters. The Bertz CT molecular complexity index is 2690. The number of rotatable bonds is 12. The van der Waals surface area contributed by atoms with Crippen LogP contribution in [0.25, 0.3) is 36.9 Å². The minimum Gasteiger partial charge on any atom is -0.310 e. The van der Waals surface area contributed by atoms with Crippen molar-refractivity contribution in [2.24, 2.45) is 0 Å². The summed E-state index contributed by atoms with van der Waals surface area (Å²) in [6, 6.07) is 73.4. The van der Waals surface area contributed by atoms with E-state index in [2.05, 4.69) is 247 Å². The van der Waals surface area contributed by atoms with E-state index in [4.69, 9.17) is 0 Å². The lowest BCUT2D eigenvalue weighted by atomic mass is 9.95. The van der Waals surface area contributed by atoms with Gasteiger partial charge in [-0.1, -0.05) is 164 Å². The van der Waals surface area contributed by atoms with Gasteiger partial charge in [0.2, 0.25) is 0 Å². The van der Waals surface area contributed by atoms with Gasteiger partial charge in [-0.2, -0.15) is 0 Å². The van der Waals surface area contributed by atoms with Gasteiger partial charge in [0, 0.05) is 54.3 Å². The van der Waals surface area contributed by atoms with Gasteiger partial charge in [0.25, 0.3) is 0 Å². The molecule has 0 aliphatic carbocycles. The first kappa shape index (κ1) is 36.4. The molecule has 0 saturated heterocycles. The van der Waals surface area contributed by atoms with Gasteiger partial charge in [0.05, 0.1) is 0 Å². The number of hydrogen-bond donors (Lipinski definition) is 0. The molecule has 0 spiro atoms. The number of allylic oxidation sites excluding steroid dienone is 5. The molecule has 8 aromatic carbocycles. The van der Waals surface area contributed by atoms with Crippen molar-refractivity contribution in [2.45, 2.75) is 6.42 Å². The number of benzene rings is 8. The summed E-state index contributed by atoms with van der Waals surface area (Å²) in [5.41, 5.74) is 12.3. The summed E-state index contributed by atoms with van der Waals surface area (Å²) < 4.78 is 2.59. The van der Waals surface area contributed by atoms with E-state index in [9.17, 15) is 0 Å². The molecule has 0 fully saturated rings. The molecule has 278 valence electrons. The molecule has 3 heteroatoms. The van der Waals surface area contributed by atoms with Gasteiger partial charge in [-0.3, -0.25) is 0 Å². The molecule has 0 bridgehead atoms. The highest BCUT2D eigenvalue weighted by Gasteiger charge is 2.20. The summed E-state index contributed by atoms with van der Waals surface area (Å²) in [5, 5.41) is 2.59. The first-order chi connectivity index (χ1) is 28.7. The van der Waals surface area contributed by atoms with Crippen molar-refractivity contribution in [3.63, 3.8) is 0 Å². The van der Waals surface area contributed by atoms with Crippen LogP contribution >= 0.6 is 11.3 Å². The van der Waals surface area contributed by atoms with Gasteiger partial charge < -0.3 is 9.80 Å². The minimum absolute atomic E-state index is 0.778. The zero-order valence-electron chi connectivity index (χ0n) is 32.2. The molecule has 1 heterocycles. The smallest absolute Gasteiger partial charge is 0.0488 e. The van der Waals surface area contributed by atoms with Crippen LogP contribution in [0.3, 0.4) is 0 Å². The van der Waals surface area contributed by atoms with Crippen LogP contribution in [0.2, 0.25) is 0 Å². The number of fused-ring (bicyclic) bond motifs is 3. The third kappa shape index (κ3) is 7.64. The van der Waals surface area contributed by atoms with Gasteiger partial charge in [0.1, 0.15) is 0 Å². The summed E-state index contributed by atoms with van der Waals surface area (Å²) in [6.45, 7) is 4.47. The zero-order chi connectivity index (χ0) is 39.1. The summed E-state index contributed by atoms with van der Waals surface area (Å²) in [5.74, 6) is 0. The maximum atomic E-state index is 4.47. The van der Waals surface area contributed by atoms with Gasteiger partial charge >= 0.3 is 0 Å². The average Bonchev–Trinajstić information content (AvgIpc) is 3.67. The van der Waals surface area contributed by atoms with E-state index >= 15 is 0 Å². The number of anilines is 6. The highest BCUT2D eigenvalue weighted by Crippen LogP contribution is 2.44. The Morgan fingerprint density at radius 1 is 0.466 bits per heavy atom. The number of nitrogens with zero attached hydrogens (tertiary/aromatic N) is 2. The highest BCUT2D eigenvalue weighted by atomic mass is 32.1. The van der Waals surface area contributed by atoms with Crippen LogP contribution in [-0.2, 0) is 6.42 Å². The van der Waals surface area contributed by atoms with Crippen LogP contribution in [0, 0.1) is 0 Å². The van der Waals surface area contributed by atoms with E-state index in [-0.39, 0.29) is 0 Å². The summed E-state index contributed by atoms with van der Waals surface area (Å²) in [7, 11) is 0. The Hall–Kier alpha value is -7.20. The first-order valence-corrected chi connectivity index (χ1v) is 20.5. The maximum absolute atomic E-state index is 4.47. The zero-order valence-corrected chi connectivity index (χ0v) is 33.0. The highest BCUT2D eigenvalue weighted by molar-refractivity contribution is 7.26. The predicted molar refractivity (Wildman–Crippen MR) is 252 cm³/mol. The Labute approximate surface area is 345 Å². The van der Waals surface area contributed by atoms with Crippen molar-refractivity contribution in [1.82, 2.24) is 0 Å². The minimum atomic E-state index is 0.778. The molecule has 0 N–H and O–H groups in total. The molecular weight excluding hydrogens is 721 g/mol. The Balaban J connectivity index is 1.09. The molecule has 58 heavy (non-hydrogen) atoms. The second-order valence-electron chi connectivity index (χ2n) is 14.2. The molecule has 0 unspecified atom stereocenters. The molecule has 9 rings (SSSR count). The van der Waals surface area contributed by atoms with Gasteiger partial charge in [0.15, 0.2) is 0 Å². The largest absolute Gasteiger partial charge is 0.310 e. The monoisotopic (exact) mass is 762 g/mol. The lowest BCUT2D eigenvalue weighted by Crippen LogP contribution is -2.13. The van der Waals surface area contributed by atoms with Crippen molar-refractivity contribution in [2.75, 3.05) is 9.80 Å². The fourth-order valence-corrected chi connectivity index (χ4v) is 8.98. The van der Waals surface area contributed by atoms with Crippen molar-refractivity contribution in [3.8, 4) is 11.1 Å². The molecule has 0 aliphatic heterocycles. The van der Waals surface area contributed by atoms with Crippen LogP contribution < -0.4 is 9.80 Å². The van der Waals surface area contributed by atoms with E-state index in [1.165, 1.54) is 36.9 Å². The molecular formula is C55H42N2S. The second-order valence-corrected chi connectivity index (χ2v) is 15.3. The van der Waals surface area contributed by atoms with Crippen LogP contribution in [0.5, 0.6) is 0 Å². The molecule has 0 aliphatic rings. The molecule has 2 nitrogen and oxygen atoms in total. The van der Waals surface area contributed by atoms with Crippen LogP contribution in [0.1, 0.15) is 11.1 Å². The first-order valence-electron chi connectivity index (χ1n) is 19.7. The third-order valence-corrected chi connectivity index (χ3v) is 11.7. The fourth-order valence-electron chi connectivity index (χ4n) is 7.73. The van der Waals surface area contributed by atoms with Crippen molar-refractivity contribution < 1.29 is 0 Å². The molecule has 0 amide bonds. The standard InChI is InChI=1S/C55H42N2S/c1-41(50-35-21-36-53-52-34-19-20-37-54(52)58-55(50)53)22-7-2-8-23-42-24-17-18-33-51(42)43-38-48(56(44-25-9-3-10-26-44)45-27-11-4-12-28-45)40-49(39-43)57(46-29-13-5-14-30-46)47-31-15-6-16-32-47/h2-22,24-40H,1,23H2/b8-2-,22-7-. The predicted octanol–water partition coefficient (Wildman–Crippen LogP) is 16.0. The second kappa shape index (κ2) is 16.9. The van der Waals surface area contributed by atoms with E-state index in [1.807, 2.05) is 11.3 Å². The average molecular weight is 763 g/mol. The van der Waals surface area contributed by atoms with E-state index in [0.717, 1.165) is 51.7 Å². The molecule has 1 aromatic heterocycles. The maximum Gasteiger partial charge on any atom is 0.0488 e. The fraction of sp³-hybridized carbons (Fsp3) is 0.0182. The SMILES string of the molecule is C=C(/C=C\C=C/Cc1ccccc1-c1cc(N(c2ccccc2)c2ccccc2)cc(N(c2ccccc2)c2ccccc2)c1)c1cccc2c1sc1ccccc12. The van der Waals surface area contributed by atoms with E-state index in [1.54, 1.807) is 0 Å². The summed E-state index contributed by atoms with van der Waals surface area (Å²) in [6.07, 6.45) is 9.41. The Kier molecular flexibility index (Phi) is 10.6. The molecule has 9 aromatic rings. The van der Waals surface area contributed by atoms with Gasteiger partial charge in [-0.05, 0) is 107 Å². The van der Waals surface area contributed by atoms with Crippen LogP contribution in [-0.4, -0.2) is 0 Å². The number of para-hydroxylation sites is 4. The lowest BCUT2D eigenvalue weighted by Gasteiger charge is -2.30. The number of hydrogen-bond acceptors (Lipinski definition) is 3. The van der Waals surface area contributed by atoms with E-state index < -0.39 is 0 Å². The van der Waals surface area contributed by atoms with Crippen LogP contribution in [0.4, 0.5) is 34.1 Å². The Morgan fingerprint density at radius 3 is 1.55 bits per heavy atom. The van der Waals surface area contributed by atoms with Gasteiger partial charge in [-0.15, -0.1) is 11.3 Å².